The van der Waals surface area contributed by atoms with Crippen LogP contribution in [0.1, 0.15) is 26.3 Å². The number of rotatable bonds is 8. The van der Waals surface area contributed by atoms with Gasteiger partial charge >= 0.3 is 0 Å². The molecule has 0 radical (unpaired) electrons. The number of hydrogen-bond donors (Lipinski definition) is 1. The molecule has 0 fully saturated rings. The van der Waals surface area contributed by atoms with E-state index in [1.54, 1.807) is 42.5 Å². The highest BCUT2D eigenvalue weighted by Crippen LogP contribution is 2.23. The number of para-hydroxylation sites is 1. The van der Waals surface area contributed by atoms with Crippen molar-refractivity contribution in [3.05, 3.63) is 135 Å². The maximum atomic E-state index is 13.6. The lowest BCUT2D eigenvalue weighted by Crippen LogP contribution is -2.24. The van der Waals surface area contributed by atoms with Gasteiger partial charge in [-0.25, -0.2) is 4.98 Å². The Morgan fingerprint density at radius 1 is 0.842 bits per heavy atom. The fourth-order valence-corrected chi connectivity index (χ4v) is 5.10. The van der Waals surface area contributed by atoms with Crippen LogP contribution < -0.4 is 10.9 Å². The van der Waals surface area contributed by atoms with Crippen molar-refractivity contribution in [2.45, 2.75) is 11.7 Å². The molecule has 1 aromatic heterocycles. The lowest BCUT2D eigenvalue weighted by molar-refractivity contribution is 0.0950. The first-order valence-electron chi connectivity index (χ1n) is 11.9. The highest BCUT2D eigenvalue weighted by atomic mass is 35.5. The number of nitrogens with zero attached hydrogens (tertiary/aromatic N) is 2. The normalized spacial score (nSPS) is 10.9. The summed E-state index contributed by atoms with van der Waals surface area (Å²) >= 11 is 7.22. The topological polar surface area (TPSA) is 81.1 Å². The van der Waals surface area contributed by atoms with Gasteiger partial charge in [-0.15, -0.1) is 0 Å². The molecule has 0 unspecified atom stereocenters. The maximum absolute atomic E-state index is 13.6. The molecule has 0 aliphatic rings. The average Bonchev–Trinajstić information content (AvgIpc) is 2.95. The summed E-state index contributed by atoms with van der Waals surface area (Å²) in [6.45, 7) is 0.309. The number of hydrogen-bond acceptors (Lipinski definition) is 5. The molecule has 0 atom stereocenters. The van der Waals surface area contributed by atoms with Gasteiger partial charge in [0.05, 0.1) is 22.3 Å². The second-order valence-electron chi connectivity index (χ2n) is 8.49. The zero-order valence-corrected chi connectivity index (χ0v) is 21.7. The van der Waals surface area contributed by atoms with Crippen molar-refractivity contribution in [1.29, 1.82) is 0 Å². The fourth-order valence-electron chi connectivity index (χ4n) is 3.98. The minimum Gasteiger partial charge on any atom is -0.348 e. The number of aromatic nitrogens is 2. The van der Waals surface area contributed by atoms with Gasteiger partial charge in [-0.2, -0.15) is 0 Å². The Hall–Kier alpha value is -4.20. The number of Topliss-reactive ketones (excluding diaryl/α,β-unsaturated/α-hetero) is 1. The molecular formula is C30H22ClN3O3S. The standard InChI is InChI=1S/C30H22ClN3O3S/c31-23-11-7-8-20(16-23)18-32-28(36)22-14-15-25-26(17-22)33-30(34(29(25)37)24-12-5-2-6-13-24)38-19-27(35)21-9-3-1-4-10-21/h1-17H,18-19H2,(H,32,36). The molecule has 6 nitrogen and oxygen atoms in total. The number of benzene rings is 4. The molecule has 1 heterocycles. The molecule has 38 heavy (non-hydrogen) atoms. The van der Waals surface area contributed by atoms with Gasteiger partial charge in [0.15, 0.2) is 10.9 Å². The van der Waals surface area contributed by atoms with E-state index in [4.69, 9.17) is 16.6 Å². The molecule has 1 N–H and O–H groups in total. The summed E-state index contributed by atoms with van der Waals surface area (Å²) in [4.78, 5) is 44.0. The number of carbonyl (C=O) groups excluding carboxylic acids is 2. The summed E-state index contributed by atoms with van der Waals surface area (Å²) in [7, 11) is 0. The fraction of sp³-hybridized carbons (Fsp3) is 0.0667. The molecule has 188 valence electrons. The van der Waals surface area contributed by atoms with Crippen LogP contribution in [0.25, 0.3) is 16.6 Å². The SMILES string of the molecule is O=C(CSc1nc2cc(C(=O)NCc3cccc(Cl)c3)ccc2c(=O)n1-c1ccccc1)c1ccccc1. The Kier molecular flexibility index (Phi) is 7.67. The van der Waals surface area contributed by atoms with E-state index in [2.05, 4.69) is 5.32 Å². The van der Waals surface area contributed by atoms with Crippen LogP contribution in [0, 0.1) is 0 Å². The number of carbonyl (C=O) groups is 2. The molecule has 5 aromatic rings. The van der Waals surface area contributed by atoms with Crippen LogP contribution in [0.4, 0.5) is 0 Å². The van der Waals surface area contributed by atoms with Crippen molar-refractivity contribution < 1.29 is 9.59 Å². The summed E-state index contributed by atoms with van der Waals surface area (Å²) in [6.07, 6.45) is 0. The summed E-state index contributed by atoms with van der Waals surface area (Å²) in [5.74, 6) is -0.262. The number of thioether (sulfide) groups is 1. The first-order valence-corrected chi connectivity index (χ1v) is 13.2. The second-order valence-corrected chi connectivity index (χ2v) is 9.87. The number of halogens is 1. The van der Waals surface area contributed by atoms with Gasteiger partial charge in [0, 0.05) is 22.7 Å². The number of amides is 1. The molecule has 0 bridgehead atoms. The zero-order chi connectivity index (χ0) is 26.5. The van der Waals surface area contributed by atoms with E-state index in [-0.39, 0.29) is 23.0 Å². The van der Waals surface area contributed by atoms with Gasteiger partial charge in [0.25, 0.3) is 11.5 Å². The predicted octanol–water partition coefficient (Wildman–Crippen LogP) is 5.94. The van der Waals surface area contributed by atoms with Gasteiger partial charge < -0.3 is 5.32 Å². The van der Waals surface area contributed by atoms with Crippen molar-refractivity contribution in [3.63, 3.8) is 0 Å². The van der Waals surface area contributed by atoms with Gasteiger partial charge in [0.1, 0.15) is 0 Å². The van der Waals surface area contributed by atoms with Crippen LogP contribution in [0.15, 0.2) is 113 Å². The Morgan fingerprint density at radius 3 is 2.32 bits per heavy atom. The van der Waals surface area contributed by atoms with Crippen molar-refractivity contribution in [1.82, 2.24) is 14.9 Å². The highest BCUT2D eigenvalue weighted by Gasteiger charge is 2.17. The molecule has 4 aromatic carbocycles. The van der Waals surface area contributed by atoms with Crippen LogP contribution >= 0.6 is 23.4 Å². The van der Waals surface area contributed by atoms with E-state index in [0.717, 1.165) is 5.56 Å². The molecule has 0 saturated heterocycles. The van der Waals surface area contributed by atoms with E-state index < -0.39 is 0 Å². The van der Waals surface area contributed by atoms with Crippen molar-refractivity contribution in [3.8, 4) is 5.69 Å². The van der Waals surface area contributed by atoms with Crippen LogP contribution in [0.2, 0.25) is 5.02 Å². The summed E-state index contributed by atoms with van der Waals surface area (Å²) in [5.41, 5.74) is 2.59. The van der Waals surface area contributed by atoms with Crippen LogP contribution in [-0.4, -0.2) is 27.0 Å². The lowest BCUT2D eigenvalue weighted by atomic mass is 10.1. The predicted molar refractivity (Wildman–Crippen MR) is 151 cm³/mol. The van der Waals surface area contributed by atoms with E-state index in [1.165, 1.54) is 16.3 Å². The summed E-state index contributed by atoms with van der Waals surface area (Å²) in [6, 6.07) is 30.2. The quantitative estimate of drug-likeness (QED) is 0.150. The largest absolute Gasteiger partial charge is 0.348 e. The van der Waals surface area contributed by atoms with Crippen LogP contribution in [0.3, 0.4) is 0 Å². The molecular weight excluding hydrogens is 518 g/mol. The number of fused-ring (bicyclic) bond motifs is 1. The first kappa shape index (κ1) is 25.4. The van der Waals surface area contributed by atoms with Gasteiger partial charge in [-0.3, -0.25) is 19.0 Å². The molecule has 1 amide bonds. The Bertz CT molecular complexity index is 1690. The molecule has 0 spiro atoms. The van der Waals surface area contributed by atoms with Gasteiger partial charge in [-0.05, 0) is 48.0 Å². The third-order valence-corrected chi connectivity index (χ3v) is 7.06. The highest BCUT2D eigenvalue weighted by molar-refractivity contribution is 7.99. The summed E-state index contributed by atoms with van der Waals surface area (Å²) < 4.78 is 1.50. The van der Waals surface area contributed by atoms with Gasteiger partial charge in [0.2, 0.25) is 0 Å². The van der Waals surface area contributed by atoms with Crippen LogP contribution in [0.5, 0.6) is 0 Å². The van der Waals surface area contributed by atoms with Crippen LogP contribution in [-0.2, 0) is 6.54 Å². The van der Waals surface area contributed by atoms with E-state index >= 15 is 0 Å². The smallest absolute Gasteiger partial charge is 0.266 e. The Morgan fingerprint density at radius 2 is 1.58 bits per heavy atom. The third-order valence-electron chi connectivity index (χ3n) is 5.89. The molecule has 0 saturated carbocycles. The number of ketones is 1. The number of nitrogens with one attached hydrogen (secondary N) is 1. The minimum atomic E-state index is -0.297. The van der Waals surface area contributed by atoms with Crippen molar-refractivity contribution in [2.75, 3.05) is 5.75 Å². The monoisotopic (exact) mass is 539 g/mol. The van der Waals surface area contributed by atoms with E-state index in [1.807, 2.05) is 60.7 Å². The Balaban J connectivity index is 1.48. The van der Waals surface area contributed by atoms with Crippen molar-refractivity contribution >= 4 is 46.0 Å². The molecule has 0 aliphatic carbocycles. The third kappa shape index (κ3) is 5.69. The van der Waals surface area contributed by atoms with Gasteiger partial charge in [-0.1, -0.05) is 84.0 Å². The minimum absolute atomic E-state index is 0.0706. The molecule has 8 heteroatoms. The van der Waals surface area contributed by atoms with E-state index in [0.29, 0.717) is 44.4 Å². The molecule has 5 rings (SSSR count). The zero-order valence-electron chi connectivity index (χ0n) is 20.1. The Labute approximate surface area is 228 Å². The lowest BCUT2D eigenvalue weighted by Gasteiger charge is -2.14. The maximum Gasteiger partial charge on any atom is 0.266 e. The first-order chi connectivity index (χ1) is 18.5. The summed E-state index contributed by atoms with van der Waals surface area (Å²) in [5, 5.41) is 4.21. The van der Waals surface area contributed by atoms with E-state index in [9.17, 15) is 14.4 Å². The average molecular weight is 540 g/mol. The van der Waals surface area contributed by atoms with Crippen molar-refractivity contribution in [2.24, 2.45) is 0 Å². The second kappa shape index (κ2) is 11.5. The molecule has 0 aliphatic heterocycles.